The number of nitrogens with zero attached hydrogens (tertiary/aromatic N) is 1. The van der Waals surface area contributed by atoms with Crippen LogP contribution in [0, 0.1) is 0 Å². The summed E-state index contributed by atoms with van der Waals surface area (Å²) in [5, 5.41) is 3.49. The summed E-state index contributed by atoms with van der Waals surface area (Å²) in [5.74, 6) is 0.482. The molecule has 1 unspecified atom stereocenters. The summed E-state index contributed by atoms with van der Waals surface area (Å²) in [7, 11) is 0. The highest BCUT2D eigenvalue weighted by atomic mass is 19.1. The van der Waals surface area contributed by atoms with E-state index < -0.39 is 5.67 Å². The number of amides is 1. The first-order valence-corrected chi connectivity index (χ1v) is 10.5. The van der Waals surface area contributed by atoms with E-state index in [0.29, 0.717) is 37.9 Å². The van der Waals surface area contributed by atoms with Crippen LogP contribution in [0.5, 0.6) is 0 Å². The highest BCUT2D eigenvalue weighted by Crippen LogP contribution is 2.42. The molecule has 3 atom stereocenters. The number of ether oxygens (including phenoxy) is 1. The van der Waals surface area contributed by atoms with E-state index in [9.17, 15) is 4.79 Å². The number of likely N-dealkylation sites (tertiary alicyclic amines) is 1. The summed E-state index contributed by atoms with van der Waals surface area (Å²) in [6, 6.07) is 20.1. The van der Waals surface area contributed by atoms with Crippen LogP contribution in [-0.2, 0) is 11.3 Å². The molecule has 154 valence electrons. The van der Waals surface area contributed by atoms with Gasteiger partial charge in [0.15, 0.2) is 0 Å². The molecule has 1 N–H and O–H groups in total. The van der Waals surface area contributed by atoms with Gasteiger partial charge < -0.3 is 15.0 Å². The predicted octanol–water partition coefficient (Wildman–Crippen LogP) is 4.66. The van der Waals surface area contributed by atoms with Crippen LogP contribution >= 0.6 is 0 Å². The number of hydrogen-bond acceptors (Lipinski definition) is 3. The van der Waals surface area contributed by atoms with Gasteiger partial charge in [0, 0.05) is 43.9 Å². The standard InChI is InChI=1S/C24H29FN2O2/c1-18(26-22-16-21(22)20-10-6-3-7-11-20)24(25)12-14-27(15-13-24)23(28)29-17-19-8-4-2-5-9-19/h2-11,18,21-22,26H,12-17H2,1H3/t18?,21-,22+/m0/s1. The van der Waals surface area contributed by atoms with Crippen molar-refractivity contribution in [3.63, 3.8) is 0 Å². The van der Waals surface area contributed by atoms with E-state index in [4.69, 9.17) is 4.74 Å². The summed E-state index contributed by atoms with van der Waals surface area (Å²) in [5.41, 5.74) is 0.981. The van der Waals surface area contributed by atoms with Gasteiger partial charge in [0.25, 0.3) is 0 Å². The third-order valence-electron chi connectivity index (χ3n) is 6.32. The molecule has 2 aliphatic rings. The average Bonchev–Trinajstić information content (AvgIpc) is 3.53. The Bertz CT molecular complexity index is 806. The van der Waals surface area contributed by atoms with Crippen LogP contribution in [-0.4, -0.2) is 41.8 Å². The maximum atomic E-state index is 15.5. The minimum absolute atomic E-state index is 0.233. The molecule has 29 heavy (non-hydrogen) atoms. The van der Waals surface area contributed by atoms with Crippen molar-refractivity contribution in [1.29, 1.82) is 0 Å². The molecule has 0 bridgehead atoms. The van der Waals surface area contributed by atoms with Gasteiger partial charge in [0.05, 0.1) is 0 Å². The first kappa shape index (κ1) is 19.9. The summed E-state index contributed by atoms with van der Waals surface area (Å²) in [6.07, 6.45) is 1.37. The van der Waals surface area contributed by atoms with Crippen molar-refractivity contribution in [2.45, 2.75) is 56.5 Å². The van der Waals surface area contributed by atoms with Crippen molar-refractivity contribution in [1.82, 2.24) is 10.2 Å². The zero-order valence-electron chi connectivity index (χ0n) is 16.9. The molecule has 1 saturated heterocycles. The molecule has 0 spiro atoms. The fraction of sp³-hybridized carbons (Fsp3) is 0.458. The Morgan fingerprint density at radius 3 is 2.41 bits per heavy atom. The molecule has 1 heterocycles. The molecule has 1 aliphatic heterocycles. The van der Waals surface area contributed by atoms with Gasteiger partial charge in [-0.3, -0.25) is 0 Å². The van der Waals surface area contributed by atoms with Crippen LogP contribution in [0.15, 0.2) is 60.7 Å². The normalized spacial score (nSPS) is 24.0. The van der Waals surface area contributed by atoms with Crippen LogP contribution in [0.3, 0.4) is 0 Å². The van der Waals surface area contributed by atoms with E-state index in [1.165, 1.54) is 5.56 Å². The first-order chi connectivity index (χ1) is 14.0. The second-order valence-electron chi connectivity index (χ2n) is 8.31. The Balaban J connectivity index is 1.23. The van der Waals surface area contributed by atoms with Crippen molar-refractivity contribution >= 4 is 6.09 Å². The largest absolute Gasteiger partial charge is 0.445 e. The van der Waals surface area contributed by atoms with E-state index in [1.807, 2.05) is 43.3 Å². The predicted molar refractivity (Wildman–Crippen MR) is 111 cm³/mol. The van der Waals surface area contributed by atoms with E-state index in [1.54, 1.807) is 4.90 Å². The fourth-order valence-electron chi connectivity index (χ4n) is 4.22. The number of rotatable bonds is 6. The van der Waals surface area contributed by atoms with Crippen LogP contribution in [0.2, 0.25) is 0 Å². The van der Waals surface area contributed by atoms with Gasteiger partial charge >= 0.3 is 6.09 Å². The lowest BCUT2D eigenvalue weighted by Crippen LogP contribution is -2.54. The number of benzene rings is 2. The molecule has 2 aromatic rings. The van der Waals surface area contributed by atoms with Gasteiger partial charge in [-0.25, -0.2) is 9.18 Å². The van der Waals surface area contributed by atoms with Crippen LogP contribution < -0.4 is 5.32 Å². The topological polar surface area (TPSA) is 41.6 Å². The quantitative estimate of drug-likeness (QED) is 0.772. The molecule has 0 radical (unpaired) electrons. The zero-order valence-corrected chi connectivity index (χ0v) is 16.9. The fourth-order valence-corrected chi connectivity index (χ4v) is 4.22. The van der Waals surface area contributed by atoms with Gasteiger partial charge in [0.1, 0.15) is 12.3 Å². The Morgan fingerprint density at radius 2 is 1.76 bits per heavy atom. The zero-order chi connectivity index (χ0) is 20.3. The molecular formula is C24H29FN2O2. The summed E-state index contributed by atoms with van der Waals surface area (Å²) in [6.45, 7) is 2.97. The lowest BCUT2D eigenvalue weighted by atomic mass is 9.87. The van der Waals surface area contributed by atoms with Crippen LogP contribution in [0.4, 0.5) is 9.18 Å². The van der Waals surface area contributed by atoms with E-state index in [2.05, 4.69) is 29.6 Å². The van der Waals surface area contributed by atoms with Crippen molar-refractivity contribution in [2.24, 2.45) is 0 Å². The second-order valence-corrected chi connectivity index (χ2v) is 8.31. The van der Waals surface area contributed by atoms with Crippen molar-refractivity contribution in [2.75, 3.05) is 13.1 Å². The number of alkyl halides is 1. The summed E-state index contributed by atoms with van der Waals surface area (Å²) in [4.78, 5) is 13.9. The van der Waals surface area contributed by atoms with Gasteiger partial charge in [-0.15, -0.1) is 0 Å². The Kier molecular flexibility index (Phi) is 5.86. The third kappa shape index (κ3) is 4.78. The number of nitrogens with one attached hydrogen (secondary N) is 1. The number of carbonyl (C=O) groups excluding carboxylic acids is 1. The lowest BCUT2D eigenvalue weighted by Gasteiger charge is -2.39. The lowest BCUT2D eigenvalue weighted by molar-refractivity contribution is 0.0213. The second kappa shape index (κ2) is 8.54. The molecule has 4 rings (SSSR count). The number of halogens is 1. The molecule has 1 saturated carbocycles. The molecule has 4 nitrogen and oxygen atoms in total. The number of piperidine rings is 1. The molecule has 5 heteroatoms. The van der Waals surface area contributed by atoms with E-state index in [-0.39, 0.29) is 18.7 Å². The van der Waals surface area contributed by atoms with Gasteiger partial charge in [-0.2, -0.15) is 0 Å². The van der Waals surface area contributed by atoms with Gasteiger partial charge in [-0.05, 0) is 24.5 Å². The van der Waals surface area contributed by atoms with E-state index in [0.717, 1.165) is 12.0 Å². The van der Waals surface area contributed by atoms with Gasteiger partial charge in [0.2, 0.25) is 0 Å². The third-order valence-corrected chi connectivity index (χ3v) is 6.32. The first-order valence-electron chi connectivity index (χ1n) is 10.5. The number of carbonyl (C=O) groups is 1. The molecule has 2 fully saturated rings. The maximum Gasteiger partial charge on any atom is 0.410 e. The minimum atomic E-state index is -1.29. The molecule has 0 aromatic heterocycles. The van der Waals surface area contributed by atoms with Crippen molar-refractivity contribution in [3.8, 4) is 0 Å². The van der Waals surface area contributed by atoms with Crippen LogP contribution in [0.1, 0.15) is 43.2 Å². The minimum Gasteiger partial charge on any atom is -0.445 e. The molecule has 1 aliphatic carbocycles. The Labute approximate surface area is 172 Å². The van der Waals surface area contributed by atoms with Crippen LogP contribution in [0.25, 0.3) is 0 Å². The molecule has 2 aromatic carbocycles. The van der Waals surface area contributed by atoms with Crippen molar-refractivity contribution < 1.29 is 13.9 Å². The maximum absolute atomic E-state index is 15.5. The van der Waals surface area contributed by atoms with E-state index >= 15 is 4.39 Å². The van der Waals surface area contributed by atoms with Crippen molar-refractivity contribution in [3.05, 3.63) is 71.8 Å². The number of hydrogen-bond donors (Lipinski definition) is 1. The summed E-state index contributed by atoms with van der Waals surface area (Å²) >= 11 is 0. The Morgan fingerprint density at radius 1 is 1.14 bits per heavy atom. The molecular weight excluding hydrogens is 367 g/mol. The smallest absolute Gasteiger partial charge is 0.410 e. The molecule has 1 amide bonds. The highest BCUT2D eigenvalue weighted by Gasteiger charge is 2.46. The highest BCUT2D eigenvalue weighted by molar-refractivity contribution is 5.67. The Hall–Kier alpha value is -2.40. The SMILES string of the molecule is CC(N[C@@H]1C[C@H]1c1ccccc1)C1(F)CCN(C(=O)OCc2ccccc2)CC1. The summed E-state index contributed by atoms with van der Waals surface area (Å²) < 4.78 is 20.9. The average molecular weight is 397 g/mol. The monoisotopic (exact) mass is 396 g/mol. The van der Waals surface area contributed by atoms with Gasteiger partial charge in [-0.1, -0.05) is 60.7 Å².